The Morgan fingerprint density at radius 3 is 2.89 bits per heavy atom. The number of ether oxygens (including phenoxy) is 1. The van der Waals surface area contributed by atoms with Gasteiger partial charge in [-0.2, -0.15) is 11.8 Å². The van der Waals surface area contributed by atoms with Gasteiger partial charge in [-0.15, -0.1) is 0 Å². The minimum absolute atomic E-state index is 0.383. The molecule has 1 N–H and O–H groups in total. The highest BCUT2D eigenvalue weighted by Gasteiger charge is 2.16. The summed E-state index contributed by atoms with van der Waals surface area (Å²) in [5, 5.41) is 10.1. The molecule has 100 valence electrons. The van der Waals surface area contributed by atoms with E-state index >= 15 is 0 Å². The molecular weight excluding hydrogens is 244 g/mol. The number of aliphatic hydroxyl groups is 1. The molecule has 1 aromatic rings. The van der Waals surface area contributed by atoms with Crippen LogP contribution in [0.4, 0.5) is 0 Å². The molecule has 1 saturated carbocycles. The first-order chi connectivity index (χ1) is 8.79. The van der Waals surface area contributed by atoms with Crippen LogP contribution in [0.25, 0.3) is 0 Å². The normalized spacial score (nSPS) is 17.9. The number of aliphatic hydroxyl groups excluding tert-OH is 1. The second-order valence-electron chi connectivity index (χ2n) is 4.98. The molecule has 0 heterocycles. The minimum Gasteiger partial charge on any atom is -0.497 e. The molecule has 2 nitrogen and oxygen atoms in total. The molecule has 1 aliphatic rings. The molecule has 1 fully saturated rings. The second kappa shape index (κ2) is 7.05. The predicted molar refractivity (Wildman–Crippen MR) is 77.2 cm³/mol. The van der Waals surface area contributed by atoms with Crippen molar-refractivity contribution in [2.75, 3.05) is 18.6 Å². The van der Waals surface area contributed by atoms with Crippen molar-refractivity contribution < 1.29 is 9.84 Å². The molecule has 0 saturated heterocycles. The first-order valence-corrected chi connectivity index (χ1v) is 7.85. The molecule has 0 bridgehead atoms. The van der Waals surface area contributed by atoms with Gasteiger partial charge in [0.25, 0.3) is 0 Å². The molecule has 1 atom stereocenters. The van der Waals surface area contributed by atoms with Gasteiger partial charge in [0.05, 0.1) is 13.2 Å². The highest BCUT2D eigenvalue weighted by atomic mass is 32.2. The van der Waals surface area contributed by atoms with E-state index in [2.05, 4.69) is 0 Å². The smallest absolute Gasteiger partial charge is 0.119 e. The topological polar surface area (TPSA) is 29.5 Å². The van der Waals surface area contributed by atoms with Crippen LogP contribution in [0.1, 0.15) is 37.4 Å². The van der Waals surface area contributed by atoms with Gasteiger partial charge in [0.1, 0.15) is 5.75 Å². The molecule has 1 aliphatic carbocycles. The van der Waals surface area contributed by atoms with Gasteiger partial charge in [0, 0.05) is 5.75 Å². The van der Waals surface area contributed by atoms with E-state index in [1.807, 2.05) is 36.0 Å². The molecule has 1 aromatic carbocycles. The molecule has 1 unspecified atom stereocenters. The maximum atomic E-state index is 10.1. The van der Waals surface area contributed by atoms with Crippen molar-refractivity contribution in [2.45, 2.75) is 31.8 Å². The Balaban J connectivity index is 1.77. The van der Waals surface area contributed by atoms with Crippen molar-refractivity contribution in [3.05, 3.63) is 29.8 Å². The Bertz CT molecular complexity index is 361. The summed E-state index contributed by atoms with van der Waals surface area (Å²) in [5.74, 6) is 3.67. The van der Waals surface area contributed by atoms with Crippen LogP contribution >= 0.6 is 11.8 Å². The van der Waals surface area contributed by atoms with Crippen LogP contribution in [-0.4, -0.2) is 23.7 Å². The summed E-state index contributed by atoms with van der Waals surface area (Å²) in [5.41, 5.74) is 0.952. The first-order valence-electron chi connectivity index (χ1n) is 6.69. The molecule has 0 spiro atoms. The third-order valence-corrected chi connectivity index (χ3v) is 4.84. The zero-order chi connectivity index (χ0) is 12.8. The fourth-order valence-electron chi connectivity index (χ4n) is 2.47. The van der Waals surface area contributed by atoms with E-state index < -0.39 is 0 Å². The van der Waals surface area contributed by atoms with Gasteiger partial charge in [-0.05, 0) is 42.2 Å². The van der Waals surface area contributed by atoms with Crippen molar-refractivity contribution in [1.82, 2.24) is 0 Å². The molecule has 18 heavy (non-hydrogen) atoms. The van der Waals surface area contributed by atoms with E-state index in [0.717, 1.165) is 23.0 Å². The van der Waals surface area contributed by atoms with E-state index in [-0.39, 0.29) is 6.10 Å². The van der Waals surface area contributed by atoms with E-state index in [4.69, 9.17) is 4.74 Å². The molecule has 0 radical (unpaired) electrons. The average Bonchev–Trinajstić information content (AvgIpc) is 2.92. The Kier molecular flexibility index (Phi) is 5.39. The lowest BCUT2D eigenvalue weighted by Crippen LogP contribution is -2.04. The molecular formula is C15H22O2S. The van der Waals surface area contributed by atoms with Gasteiger partial charge in [-0.25, -0.2) is 0 Å². The molecule has 0 aromatic heterocycles. The fourth-order valence-corrected chi connectivity index (χ4v) is 3.69. The van der Waals surface area contributed by atoms with Crippen LogP contribution in [0.5, 0.6) is 5.75 Å². The highest BCUT2D eigenvalue weighted by Crippen LogP contribution is 2.29. The summed E-state index contributed by atoms with van der Waals surface area (Å²) in [6.45, 7) is 0. The van der Waals surface area contributed by atoms with E-state index in [0.29, 0.717) is 0 Å². The highest BCUT2D eigenvalue weighted by molar-refractivity contribution is 7.99. The maximum absolute atomic E-state index is 10.1. The third kappa shape index (κ3) is 3.92. The quantitative estimate of drug-likeness (QED) is 0.852. The number of hydrogen-bond donors (Lipinski definition) is 1. The SMILES string of the molecule is COc1cccc(C(O)CSCC2CCCC2)c1. The molecule has 3 heteroatoms. The van der Waals surface area contributed by atoms with Crippen LogP contribution < -0.4 is 4.74 Å². The first kappa shape index (κ1) is 13.8. The van der Waals surface area contributed by atoms with Crippen LogP contribution in [0.15, 0.2) is 24.3 Å². The second-order valence-corrected chi connectivity index (χ2v) is 6.06. The summed E-state index contributed by atoms with van der Waals surface area (Å²) in [7, 11) is 1.65. The monoisotopic (exact) mass is 266 g/mol. The lowest BCUT2D eigenvalue weighted by molar-refractivity contribution is 0.203. The van der Waals surface area contributed by atoms with Gasteiger partial charge in [0.2, 0.25) is 0 Å². The van der Waals surface area contributed by atoms with Crippen molar-refractivity contribution in [3.63, 3.8) is 0 Å². The largest absolute Gasteiger partial charge is 0.497 e. The van der Waals surface area contributed by atoms with Gasteiger partial charge >= 0.3 is 0 Å². The standard InChI is InChI=1S/C15H22O2S/c1-17-14-8-4-7-13(9-14)15(16)11-18-10-12-5-2-3-6-12/h4,7-9,12,15-16H,2-3,5-6,10-11H2,1H3. The summed E-state index contributed by atoms with van der Waals surface area (Å²) < 4.78 is 5.17. The Morgan fingerprint density at radius 1 is 1.39 bits per heavy atom. The third-order valence-electron chi connectivity index (χ3n) is 3.58. The summed E-state index contributed by atoms with van der Waals surface area (Å²) >= 11 is 1.88. The average molecular weight is 266 g/mol. The predicted octanol–water partition coefficient (Wildman–Crippen LogP) is 3.65. The van der Waals surface area contributed by atoms with Crippen LogP contribution in [-0.2, 0) is 0 Å². The maximum Gasteiger partial charge on any atom is 0.119 e. The number of rotatable bonds is 6. The fraction of sp³-hybridized carbons (Fsp3) is 0.600. The number of methoxy groups -OCH3 is 1. The molecule has 2 rings (SSSR count). The van der Waals surface area contributed by atoms with E-state index in [1.54, 1.807) is 7.11 Å². The van der Waals surface area contributed by atoms with Gasteiger partial charge < -0.3 is 9.84 Å². The van der Waals surface area contributed by atoms with Crippen LogP contribution in [0.2, 0.25) is 0 Å². The molecule has 0 aliphatic heterocycles. The van der Waals surface area contributed by atoms with Crippen molar-refractivity contribution in [1.29, 1.82) is 0 Å². The number of thioether (sulfide) groups is 1. The summed E-state index contributed by atoms with van der Waals surface area (Å²) in [4.78, 5) is 0. The van der Waals surface area contributed by atoms with E-state index in [1.165, 1.54) is 31.4 Å². The summed E-state index contributed by atoms with van der Waals surface area (Å²) in [6, 6.07) is 7.71. The zero-order valence-corrected chi connectivity index (χ0v) is 11.8. The lowest BCUT2D eigenvalue weighted by Gasteiger charge is -2.13. The van der Waals surface area contributed by atoms with Crippen molar-refractivity contribution in [2.24, 2.45) is 5.92 Å². The Hall–Kier alpha value is -0.670. The number of benzene rings is 1. The zero-order valence-electron chi connectivity index (χ0n) is 11.0. The Morgan fingerprint density at radius 2 is 2.17 bits per heavy atom. The van der Waals surface area contributed by atoms with Gasteiger partial charge in [-0.1, -0.05) is 25.0 Å². The van der Waals surface area contributed by atoms with Crippen LogP contribution in [0, 0.1) is 5.92 Å². The molecule has 0 amide bonds. The van der Waals surface area contributed by atoms with E-state index in [9.17, 15) is 5.11 Å². The van der Waals surface area contributed by atoms with Gasteiger partial charge in [-0.3, -0.25) is 0 Å². The van der Waals surface area contributed by atoms with Crippen molar-refractivity contribution >= 4 is 11.8 Å². The minimum atomic E-state index is -0.383. The van der Waals surface area contributed by atoms with Crippen molar-refractivity contribution in [3.8, 4) is 5.75 Å². The summed E-state index contributed by atoms with van der Waals surface area (Å²) in [6.07, 6.45) is 5.16. The lowest BCUT2D eigenvalue weighted by atomic mass is 10.1. The van der Waals surface area contributed by atoms with Gasteiger partial charge in [0.15, 0.2) is 0 Å². The Labute approximate surface area is 114 Å². The number of hydrogen-bond acceptors (Lipinski definition) is 3. The van der Waals surface area contributed by atoms with Crippen LogP contribution in [0.3, 0.4) is 0 Å².